The number of aryl methyl sites for hydroxylation is 1. The number of aliphatic hydroxyl groups is 1. The summed E-state index contributed by atoms with van der Waals surface area (Å²) in [4.78, 5) is 24.8. The van der Waals surface area contributed by atoms with Crippen molar-refractivity contribution >= 4 is 33.2 Å². The predicted molar refractivity (Wildman–Crippen MR) is 186 cm³/mol. The molecule has 7 rings (SSSR count). The summed E-state index contributed by atoms with van der Waals surface area (Å²) in [6, 6.07) is 13.2. The van der Waals surface area contributed by atoms with Gasteiger partial charge in [-0.05, 0) is 117 Å². The minimum absolute atomic E-state index is 0.0122. The molecular weight excluding hydrogens is 648 g/mol. The molecule has 9 nitrogen and oxygen atoms in total. The fourth-order valence-electron chi connectivity index (χ4n) is 8.69. The van der Waals surface area contributed by atoms with Crippen molar-refractivity contribution in [3.63, 3.8) is 0 Å². The van der Waals surface area contributed by atoms with E-state index >= 15 is 0 Å². The number of halogens is 1. The molecule has 1 fully saturated rings. The Bertz CT molecular complexity index is 1790. The van der Waals surface area contributed by atoms with Gasteiger partial charge in [0.15, 0.2) is 0 Å². The van der Waals surface area contributed by atoms with Crippen LogP contribution in [0.3, 0.4) is 0 Å². The molecule has 1 saturated carbocycles. The molecule has 1 amide bonds. The second-order valence-corrected chi connectivity index (χ2v) is 17.2. The highest BCUT2D eigenvalue weighted by atomic mass is 35.5. The zero-order valence-corrected chi connectivity index (χ0v) is 29.3. The highest BCUT2D eigenvalue weighted by molar-refractivity contribution is 7.90. The third kappa shape index (κ3) is 6.31. The summed E-state index contributed by atoms with van der Waals surface area (Å²) in [5.74, 6) is 0.619. The van der Waals surface area contributed by atoms with Gasteiger partial charge >= 0.3 is 0 Å². The lowest BCUT2D eigenvalue weighted by Crippen LogP contribution is -2.54. The summed E-state index contributed by atoms with van der Waals surface area (Å²) in [5, 5.41) is 12.5. The Hall–Kier alpha value is -3.21. The topological polar surface area (TPSA) is 122 Å². The number of ether oxygens (including phenoxy) is 1. The second kappa shape index (κ2) is 12.9. The molecule has 2 aromatic carbocycles. The van der Waals surface area contributed by atoms with Crippen molar-refractivity contribution in [2.45, 2.75) is 87.9 Å². The van der Waals surface area contributed by atoms with Crippen molar-refractivity contribution in [1.82, 2.24) is 14.7 Å². The molecule has 2 aliphatic carbocycles. The minimum Gasteiger partial charge on any atom is -0.490 e. The van der Waals surface area contributed by atoms with Gasteiger partial charge in [0.2, 0.25) is 10.0 Å². The molecule has 3 heterocycles. The van der Waals surface area contributed by atoms with E-state index in [1.807, 2.05) is 13.0 Å². The van der Waals surface area contributed by atoms with E-state index in [0.717, 1.165) is 42.8 Å². The quantitative estimate of drug-likeness (QED) is 0.342. The van der Waals surface area contributed by atoms with Crippen LogP contribution in [-0.4, -0.2) is 59.9 Å². The monoisotopic (exact) mass is 692 g/mol. The van der Waals surface area contributed by atoms with Gasteiger partial charge in [-0.3, -0.25) is 4.79 Å². The van der Waals surface area contributed by atoms with Crippen molar-refractivity contribution in [1.29, 1.82) is 0 Å². The lowest BCUT2D eigenvalue weighted by Gasteiger charge is -2.50. The normalized spacial score (nSPS) is 31.8. The van der Waals surface area contributed by atoms with Gasteiger partial charge in [0.05, 0.1) is 23.1 Å². The van der Waals surface area contributed by atoms with Crippen LogP contribution >= 0.6 is 11.6 Å². The summed E-state index contributed by atoms with van der Waals surface area (Å²) < 4.78 is 35.8. The van der Waals surface area contributed by atoms with Gasteiger partial charge in [-0.2, -0.15) is 0 Å². The lowest BCUT2D eigenvalue weighted by molar-refractivity contribution is -0.0892. The molecule has 6 atom stereocenters. The van der Waals surface area contributed by atoms with Crippen LogP contribution in [-0.2, 0) is 28.3 Å². The van der Waals surface area contributed by atoms with E-state index in [1.165, 1.54) is 11.1 Å². The van der Waals surface area contributed by atoms with Gasteiger partial charge in [0, 0.05) is 47.9 Å². The molecule has 0 saturated heterocycles. The minimum atomic E-state index is -3.96. The summed E-state index contributed by atoms with van der Waals surface area (Å²) in [6.45, 7) is 5.35. The number of aromatic nitrogens is 2. The number of benzene rings is 2. The lowest BCUT2D eigenvalue weighted by atomic mass is 9.61. The van der Waals surface area contributed by atoms with Crippen molar-refractivity contribution in [3.05, 3.63) is 82.4 Å². The molecule has 1 spiro atoms. The molecule has 48 heavy (non-hydrogen) atoms. The third-order valence-electron chi connectivity index (χ3n) is 11.7. The Balaban J connectivity index is 1.31. The molecule has 3 aromatic rings. The number of carbonyl (C=O) groups is 1. The highest BCUT2D eigenvalue weighted by Gasteiger charge is 2.49. The zero-order chi connectivity index (χ0) is 33.7. The van der Waals surface area contributed by atoms with Crippen molar-refractivity contribution in [2.75, 3.05) is 24.6 Å². The van der Waals surface area contributed by atoms with Crippen molar-refractivity contribution < 1.29 is 23.1 Å². The number of nitrogens with one attached hydrogen (secondary N) is 1. The first-order chi connectivity index (χ1) is 23.0. The fraction of sp³-hybridized carbons (Fsp3) is 0.541. The van der Waals surface area contributed by atoms with E-state index in [0.29, 0.717) is 57.0 Å². The van der Waals surface area contributed by atoms with Gasteiger partial charge in [-0.1, -0.05) is 31.0 Å². The molecule has 11 heteroatoms. The largest absolute Gasteiger partial charge is 0.490 e. The van der Waals surface area contributed by atoms with E-state index in [4.69, 9.17) is 16.3 Å². The summed E-state index contributed by atoms with van der Waals surface area (Å²) in [6.07, 6.45) is 10.3. The number of anilines is 1. The predicted octanol–water partition coefficient (Wildman–Crippen LogP) is 5.87. The second-order valence-electron chi connectivity index (χ2n) is 14.7. The number of rotatable bonds is 2. The zero-order valence-electron chi connectivity index (χ0n) is 27.7. The maximum atomic E-state index is 13.5. The number of hydrogen-bond acceptors (Lipinski definition) is 8. The van der Waals surface area contributed by atoms with Gasteiger partial charge in [-0.15, -0.1) is 0 Å². The molecule has 4 aliphatic rings. The molecule has 0 unspecified atom stereocenters. The first-order valence-corrected chi connectivity index (χ1v) is 19.2. The van der Waals surface area contributed by atoms with Crippen LogP contribution in [0.2, 0.25) is 5.02 Å². The fourth-order valence-corrected chi connectivity index (χ4v) is 10.2. The summed E-state index contributed by atoms with van der Waals surface area (Å²) in [5.41, 5.74) is 2.18. The molecule has 2 aliphatic heterocycles. The Kier molecular flexibility index (Phi) is 8.96. The number of nitrogens with zero attached hydrogens (tertiary/aromatic N) is 3. The SMILES string of the molecule is C[C@@H]1[C@@H](C)CCC[C@](O)(Cc2ncccn2)[C@@H]2CC[C@H]2CN2C[C@@]3(CCCc4cc(Cl)ccc43)COc3ccc(cc32)C(=O)NS1(=O)=O. The first kappa shape index (κ1) is 33.3. The Morgan fingerprint density at radius 2 is 1.88 bits per heavy atom. The van der Waals surface area contributed by atoms with Gasteiger partial charge in [0.25, 0.3) is 5.91 Å². The van der Waals surface area contributed by atoms with E-state index < -0.39 is 26.8 Å². The average Bonchev–Trinajstić information content (AvgIpc) is 3.19. The van der Waals surface area contributed by atoms with Crippen LogP contribution in [0.4, 0.5) is 5.69 Å². The van der Waals surface area contributed by atoms with Gasteiger partial charge in [0.1, 0.15) is 11.6 Å². The van der Waals surface area contributed by atoms with E-state index in [9.17, 15) is 18.3 Å². The Morgan fingerprint density at radius 3 is 2.65 bits per heavy atom. The van der Waals surface area contributed by atoms with E-state index in [2.05, 4.69) is 31.7 Å². The van der Waals surface area contributed by atoms with Crippen LogP contribution in [0.15, 0.2) is 54.9 Å². The van der Waals surface area contributed by atoms with Crippen molar-refractivity contribution in [3.8, 4) is 5.75 Å². The highest BCUT2D eigenvalue weighted by Crippen LogP contribution is 2.49. The first-order valence-electron chi connectivity index (χ1n) is 17.3. The molecule has 2 bridgehead atoms. The smallest absolute Gasteiger partial charge is 0.264 e. The van der Waals surface area contributed by atoms with E-state index in [-0.39, 0.29) is 28.7 Å². The van der Waals surface area contributed by atoms with Gasteiger partial charge in [-0.25, -0.2) is 23.1 Å². The maximum absolute atomic E-state index is 13.5. The van der Waals surface area contributed by atoms with E-state index in [1.54, 1.807) is 43.6 Å². The number of fused-ring (bicyclic) bond motifs is 4. The van der Waals surface area contributed by atoms with Crippen LogP contribution in [0, 0.1) is 17.8 Å². The maximum Gasteiger partial charge on any atom is 0.264 e. The number of carbonyl (C=O) groups excluding carboxylic acids is 1. The number of sulfonamides is 1. The third-order valence-corrected chi connectivity index (χ3v) is 13.9. The van der Waals surface area contributed by atoms with Crippen molar-refractivity contribution in [2.24, 2.45) is 17.8 Å². The van der Waals surface area contributed by atoms with Crippen LogP contribution < -0.4 is 14.4 Å². The van der Waals surface area contributed by atoms with Gasteiger partial charge < -0.3 is 14.7 Å². The number of amides is 1. The van der Waals surface area contributed by atoms with Crippen LogP contribution in [0.25, 0.3) is 0 Å². The molecule has 0 radical (unpaired) electrons. The van der Waals surface area contributed by atoms with Crippen LogP contribution in [0.1, 0.15) is 86.1 Å². The Labute approximate surface area is 288 Å². The number of hydrogen-bond donors (Lipinski definition) is 2. The molecular formula is C37H45ClN4O5S. The average molecular weight is 693 g/mol. The van der Waals surface area contributed by atoms with Crippen LogP contribution in [0.5, 0.6) is 5.75 Å². The molecule has 2 N–H and O–H groups in total. The Morgan fingerprint density at radius 1 is 1.06 bits per heavy atom. The molecule has 1 aromatic heterocycles. The summed E-state index contributed by atoms with van der Waals surface area (Å²) >= 11 is 6.45. The summed E-state index contributed by atoms with van der Waals surface area (Å²) in [7, 11) is -3.96. The standard InChI is InChI=1S/C37H45ClN4O5S/c1-24-6-3-15-37(44,20-34-39-16-5-17-40-34)31-11-8-28(31)21-42-22-36(14-4-7-26-18-29(38)10-12-30(26)36)23-47-33-13-9-27(19-32(33)42)35(43)41-48(45,46)25(24)2/h5,9-10,12-13,16-19,24-25,28,31,44H,3-4,6-8,11,14-15,20-23H2,1-2H3,(H,41,43)/t24-,25+,28-,31+,36-,37-/m0/s1. The molecule has 256 valence electrons.